The summed E-state index contributed by atoms with van der Waals surface area (Å²) in [7, 11) is 0. The Morgan fingerprint density at radius 2 is 2.03 bits per heavy atom. The van der Waals surface area contributed by atoms with E-state index in [-0.39, 0.29) is 11.6 Å². The number of aromatic nitrogens is 7. The van der Waals surface area contributed by atoms with Crippen LogP contribution in [0.5, 0.6) is 0 Å². The Morgan fingerprint density at radius 3 is 2.85 bits per heavy atom. The van der Waals surface area contributed by atoms with Crippen LogP contribution in [0.2, 0.25) is 5.02 Å². The van der Waals surface area contributed by atoms with Gasteiger partial charge in [-0.2, -0.15) is 10.2 Å². The SMILES string of the molecule is CSc1n[nH]c2ncnc(N3CCCC3c3nn4ccc(Cl)c4c(=O)n3-c3ccccc3)c12. The van der Waals surface area contributed by atoms with Crippen LogP contribution in [-0.2, 0) is 0 Å². The van der Waals surface area contributed by atoms with Crippen molar-refractivity contribution in [2.75, 3.05) is 17.7 Å². The molecule has 1 saturated heterocycles. The lowest BCUT2D eigenvalue weighted by Crippen LogP contribution is -2.33. The summed E-state index contributed by atoms with van der Waals surface area (Å²) in [5.41, 5.74) is 1.60. The third-order valence-electron chi connectivity index (χ3n) is 6.00. The molecule has 4 aromatic heterocycles. The van der Waals surface area contributed by atoms with Crippen LogP contribution >= 0.6 is 23.4 Å². The number of hydrogen-bond acceptors (Lipinski definition) is 7. The number of nitrogens with one attached hydrogen (secondary N) is 1. The Hall–Kier alpha value is -3.37. The van der Waals surface area contributed by atoms with Gasteiger partial charge >= 0.3 is 0 Å². The van der Waals surface area contributed by atoms with Crippen LogP contribution < -0.4 is 10.5 Å². The molecule has 9 nitrogen and oxygen atoms in total. The molecule has 33 heavy (non-hydrogen) atoms. The Morgan fingerprint density at radius 1 is 1.18 bits per heavy atom. The van der Waals surface area contributed by atoms with Crippen LogP contribution in [0, 0.1) is 0 Å². The van der Waals surface area contributed by atoms with Crippen LogP contribution in [-0.4, -0.2) is 47.1 Å². The number of thioether (sulfide) groups is 1. The van der Waals surface area contributed by atoms with Crippen molar-refractivity contribution >= 4 is 45.7 Å². The lowest BCUT2D eigenvalue weighted by Gasteiger charge is -2.27. The molecule has 1 N–H and O–H groups in total. The molecule has 5 aromatic rings. The molecule has 1 unspecified atom stereocenters. The second-order valence-corrected chi connectivity index (χ2v) is 9.00. The Bertz CT molecular complexity index is 1540. The highest BCUT2D eigenvalue weighted by molar-refractivity contribution is 7.98. The van der Waals surface area contributed by atoms with E-state index in [4.69, 9.17) is 16.7 Å². The molecule has 1 fully saturated rings. The number of nitrogens with zero attached hydrogens (tertiary/aromatic N) is 7. The topological polar surface area (TPSA) is 97.0 Å². The molecule has 166 valence electrons. The molecule has 0 spiro atoms. The van der Waals surface area contributed by atoms with Crippen LogP contribution in [0.25, 0.3) is 22.2 Å². The Balaban J connectivity index is 1.60. The van der Waals surface area contributed by atoms with E-state index in [1.54, 1.807) is 39.4 Å². The summed E-state index contributed by atoms with van der Waals surface area (Å²) in [5.74, 6) is 1.43. The van der Waals surface area contributed by atoms with Gasteiger partial charge in [0.1, 0.15) is 22.7 Å². The van der Waals surface area contributed by atoms with Crippen LogP contribution in [0.15, 0.2) is 58.7 Å². The summed E-state index contributed by atoms with van der Waals surface area (Å²) in [6.07, 6.45) is 7.02. The number of rotatable bonds is 4. The third kappa shape index (κ3) is 3.12. The highest BCUT2D eigenvalue weighted by Crippen LogP contribution is 2.39. The largest absolute Gasteiger partial charge is 0.346 e. The number of H-pyrrole nitrogens is 1. The van der Waals surface area contributed by atoms with Gasteiger partial charge in [-0.3, -0.25) is 14.5 Å². The minimum Gasteiger partial charge on any atom is -0.346 e. The molecular weight excluding hydrogens is 460 g/mol. The van der Waals surface area contributed by atoms with E-state index in [0.717, 1.165) is 41.3 Å². The summed E-state index contributed by atoms with van der Waals surface area (Å²) in [6, 6.07) is 11.1. The molecular formula is C22H19ClN8OS. The average molecular weight is 479 g/mol. The van der Waals surface area contributed by atoms with Crippen molar-refractivity contribution in [3.63, 3.8) is 0 Å². The van der Waals surface area contributed by atoms with Crippen molar-refractivity contribution in [2.45, 2.75) is 23.9 Å². The molecule has 0 aliphatic carbocycles. The van der Waals surface area contributed by atoms with Gasteiger partial charge in [0.05, 0.1) is 22.1 Å². The predicted molar refractivity (Wildman–Crippen MR) is 129 cm³/mol. The fraction of sp³-hybridized carbons (Fsp3) is 0.227. The van der Waals surface area contributed by atoms with Gasteiger partial charge in [-0.25, -0.2) is 14.5 Å². The Labute approximate surface area is 197 Å². The maximum absolute atomic E-state index is 13.7. The van der Waals surface area contributed by atoms with Crippen molar-refractivity contribution in [2.24, 2.45) is 0 Å². The van der Waals surface area contributed by atoms with E-state index in [1.807, 2.05) is 36.6 Å². The Kier molecular flexibility index (Phi) is 4.84. The standard InChI is InChI=1S/C22H19ClN8OS/c1-33-21-16-18(26-27-21)24-12-25-20(16)29-10-5-8-15(29)19-28-30-11-9-14(23)17(30)22(32)31(19)13-6-3-2-4-7-13/h2-4,6-7,9,11-12,15H,5,8,10H2,1H3,(H,24,25,26,27). The van der Waals surface area contributed by atoms with Crippen LogP contribution in [0.4, 0.5) is 5.82 Å². The maximum Gasteiger partial charge on any atom is 0.284 e. The smallest absolute Gasteiger partial charge is 0.284 e. The predicted octanol–water partition coefficient (Wildman–Crippen LogP) is 3.87. The van der Waals surface area contributed by atoms with Gasteiger partial charge in [0.25, 0.3) is 5.56 Å². The molecule has 11 heteroatoms. The molecule has 1 aromatic carbocycles. The quantitative estimate of drug-likeness (QED) is 0.391. The first-order chi connectivity index (χ1) is 16.2. The van der Waals surface area contributed by atoms with Crippen LogP contribution in [0.3, 0.4) is 0 Å². The van der Waals surface area contributed by atoms with Crippen molar-refractivity contribution in [3.05, 3.63) is 70.1 Å². The maximum atomic E-state index is 13.7. The average Bonchev–Trinajstić information content (AvgIpc) is 3.57. The summed E-state index contributed by atoms with van der Waals surface area (Å²) in [4.78, 5) is 24.8. The van der Waals surface area contributed by atoms with E-state index >= 15 is 0 Å². The molecule has 1 aliphatic heterocycles. The summed E-state index contributed by atoms with van der Waals surface area (Å²) in [5, 5.41) is 14.4. The monoisotopic (exact) mass is 478 g/mol. The molecule has 0 amide bonds. The van der Waals surface area contributed by atoms with Crippen molar-refractivity contribution in [3.8, 4) is 5.69 Å². The van der Waals surface area contributed by atoms with Gasteiger partial charge < -0.3 is 4.90 Å². The second kappa shape index (κ2) is 7.89. The van der Waals surface area contributed by atoms with Gasteiger partial charge in [0.2, 0.25) is 0 Å². The van der Waals surface area contributed by atoms with Crippen molar-refractivity contribution < 1.29 is 0 Å². The molecule has 5 heterocycles. The number of halogens is 1. The first-order valence-electron chi connectivity index (χ1n) is 10.5. The van der Waals surface area contributed by atoms with Crippen molar-refractivity contribution in [1.82, 2.24) is 34.3 Å². The molecule has 0 bridgehead atoms. The first-order valence-corrected chi connectivity index (χ1v) is 12.1. The number of aromatic amines is 1. The number of benzene rings is 1. The van der Waals surface area contributed by atoms with Gasteiger partial charge in [-0.1, -0.05) is 29.8 Å². The zero-order chi connectivity index (χ0) is 22.5. The van der Waals surface area contributed by atoms with Gasteiger partial charge in [0, 0.05) is 12.7 Å². The third-order valence-corrected chi connectivity index (χ3v) is 6.98. The second-order valence-electron chi connectivity index (χ2n) is 7.80. The zero-order valence-corrected chi connectivity index (χ0v) is 19.2. The fourth-order valence-electron chi connectivity index (χ4n) is 4.56. The summed E-state index contributed by atoms with van der Waals surface area (Å²) >= 11 is 7.89. The minimum atomic E-state index is -0.200. The van der Waals surface area contributed by atoms with E-state index in [9.17, 15) is 4.79 Å². The first kappa shape index (κ1) is 20.3. The van der Waals surface area contributed by atoms with Gasteiger partial charge in [-0.15, -0.1) is 11.8 Å². The highest BCUT2D eigenvalue weighted by atomic mass is 35.5. The van der Waals surface area contributed by atoms with E-state index in [2.05, 4.69) is 25.1 Å². The molecule has 0 radical (unpaired) electrons. The summed E-state index contributed by atoms with van der Waals surface area (Å²) < 4.78 is 3.25. The summed E-state index contributed by atoms with van der Waals surface area (Å²) in [6.45, 7) is 0.783. The number of anilines is 1. The number of para-hydroxylation sites is 1. The molecule has 0 saturated carbocycles. The lowest BCUT2D eigenvalue weighted by molar-refractivity contribution is 0.602. The highest BCUT2D eigenvalue weighted by Gasteiger charge is 2.34. The molecule has 6 rings (SSSR count). The van der Waals surface area contributed by atoms with Crippen molar-refractivity contribution in [1.29, 1.82) is 0 Å². The lowest BCUT2D eigenvalue weighted by atomic mass is 10.2. The van der Waals surface area contributed by atoms with Gasteiger partial charge in [-0.05, 0) is 37.3 Å². The van der Waals surface area contributed by atoms with E-state index < -0.39 is 0 Å². The fourth-order valence-corrected chi connectivity index (χ4v) is 5.31. The molecule has 1 atom stereocenters. The van der Waals surface area contributed by atoms with E-state index in [1.165, 1.54) is 0 Å². The van der Waals surface area contributed by atoms with E-state index in [0.29, 0.717) is 22.0 Å². The van der Waals surface area contributed by atoms with Gasteiger partial charge in [0.15, 0.2) is 11.5 Å². The molecule has 1 aliphatic rings. The minimum absolute atomic E-state index is 0.161. The normalized spacial score (nSPS) is 16.3. The number of fused-ring (bicyclic) bond motifs is 2. The zero-order valence-electron chi connectivity index (χ0n) is 17.6. The van der Waals surface area contributed by atoms with Crippen LogP contribution in [0.1, 0.15) is 24.7 Å². The number of hydrogen-bond donors (Lipinski definition) is 1.